The van der Waals surface area contributed by atoms with Crippen molar-refractivity contribution in [2.75, 3.05) is 18.0 Å². The molecule has 1 atom stereocenters. The van der Waals surface area contributed by atoms with E-state index in [0.29, 0.717) is 31.6 Å². The number of rotatable bonds is 5. The van der Waals surface area contributed by atoms with E-state index in [2.05, 4.69) is 10.3 Å². The molecule has 6 nitrogen and oxygen atoms in total. The molecule has 0 bridgehead atoms. The van der Waals surface area contributed by atoms with Crippen molar-refractivity contribution < 1.29 is 9.59 Å². The number of benzene rings is 1. The number of nitrogens with one attached hydrogen (secondary N) is 1. The molecule has 1 aliphatic heterocycles. The molecule has 1 aliphatic rings. The zero-order chi connectivity index (χ0) is 16.9. The normalized spacial score (nSPS) is 17.8. The van der Waals surface area contributed by atoms with Gasteiger partial charge in [0.15, 0.2) is 0 Å². The van der Waals surface area contributed by atoms with Gasteiger partial charge >= 0.3 is 0 Å². The number of hydrogen-bond donors (Lipinski definition) is 2. The van der Waals surface area contributed by atoms with Gasteiger partial charge in [-0.25, -0.2) is 4.98 Å². The number of para-hydroxylation sites is 1. The van der Waals surface area contributed by atoms with Crippen LogP contribution in [0.3, 0.4) is 0 Å². The fraction of sp³-hybridized carbons (Fsp3) is 0.353. The van der Waals surface area contributed by atoms with Gasteiger partial charge in [-0.1, -0.05) is 18.2 Å². The fourth-order valence-corrected chi connectivity index (χ4v) is 3.55. The van der Waals surface area contributed by atoms with E-state index in [0.717, 1.165) is 17.1 Å². The third-order valence-electron chi connectivity index (χ3n) is 3.95. The topological polar surface area (TPSA) is 88.3 Å². The summed E-state index contributed by atoms with van der Waals surface area (Å²) in [4.78, 5) is 31.0. The third-order valence-corrected chi connectivity index (χ3v) is 4.86. The smallest absolute Gasteiger partial charge is 0.271 e. The molecule has 0 saturated carbocycles. The highest BCUT2D eigenvalue weighted by molar-refractivity contribution is 7.09. The number of anilines is 1. The zero-order valence-electron chi connectivity index (χ0n) is 13.3. The first-order chi connectivity index (χ1) is 11.7. The fourth-order valence-electron chi connectivity index (χ4n) is 2.76. The van der Waals surface area contributed by atoms with Crippen molar-refractivity contribution in [3.05, 3.63) is 46.4 Å². The molecule has 0 spiro atoms. The lowest BCUT2D eigenvalue weighted by Crippen LogP contribution is -2.52. The zero-order valence-corrected chi connectivity index (χ0v) is 14.1. The van der Waals surface area contributed by atoms with Gasteiger partial charge < -0.3 is 16.0 Å². The molecule has 3 rings (SSSR count). The maximum atomic E-state index is 12.7. The molecule has 0 aliphatic carbocycles. The maximum Gasteiger partial charge on any atom is 0.271 e. The highest BCUT2D eigenvalue weighted by Gasteiger charge is 2.31. The summed E-state index contributed by atoms with van der Waals surface area (Å²) in [6, 6.07) is 9.02. The van der Waals surface area contributed by atoms with E-state index >= 15 is 0 Å². The monoisotopic (exact) mass is 344 g/mol. The number of piperidine rings is 1. The van der Waals surface area contributed by atoms with Crippen LogP contribution < -0.4 is 16.0 Å². The van der Waals surface area contributed by atoms with E-state index in [1.807, 2.05) is 30.3 Å². The molecule has 0 radical (unpaired) electrons. The van der Waals surface area contributed by atoms with Gasteiger partial charge in [0, 0.05) is 24.0 Å². The average Bonchev–Trinajstić information content (AvgIpc) is 3.07. The molecular weight excluding hydrogens is 324 g/mol. The third kappa shape index (κ3) is 3.63. The molecule has 1 aromatic carbocycles. The van der Waals surface area contributed by atoms with Crippen molar-refractivity contribution in [3.8, 4) is 0 Å². The predicted molar refractivity (Wildman–Crippen MR) is 94.2 cm³/mol. The molecule has 1 fully saturated rings. The molecule has 3 N–H and O–H groups in total. The molecule has 1 unspecified atom stereocenters. The van der Waals surface area contributed by atoms with Crippen molar-refractivity contribution >= 4 is 28.8 Å². The summed E-state index contributed by atoms with van der Waals surface area (Å²) in [5.74, 6) is -0.374. The van der Waals surface area contributed by atoms with E-state index in [9.17, 15) is 9.59 Å². The first kappa shape index (κ1) is 16.6. The van der Waals surface area contributed by atoms with Crippen LogP contribution in [0.15, 0.2) is 35.7 Å². The number of thiazole rings is 1. The van der Waals surface area contributed by atoms with Gasteiger partial charge in [0.25, 0.3) is 5.91 Å². The van der Waals surface area contributed by atoms with Gasteiger partial charge in [-0.15, -0.1) is 11.3 Å². The number of hydrogen-bond acceptors (Lipinski definition) is 5. The highest BCUT2D eigenvalue weighted by atomic mass is 32.1. The molecular formula is C17H20N4O2S. The molecule has 126 valence electrons. The Bertz CT molecular complexity index is 716. The summed E-state index contributed by atoms with van der Waals surface area (Å²) in [6.07, 6.45) is 2.15. The molecule has 2 heterocycles. The van der Waals surface area contributed by atoms with Gasteiger partial charge in [-0.3, -0.25) is 9.59 Å². The minimum absolute atomic E-state index is 0.0711. The standard InChI is InChI=1S/C17H20N4O2S/c18-9-8-15-19-14(11-24-15)16(22)20-13-7-4-10-21(17(13)23)12-5-2-1-3-6-12/h1-3,5-6,11,13H,4,7-10,18H2,(H,20,22). The van der Waals surface area contributed by atoms with E-state index in [1.54, 1.807) is 10.3 Å². The number of amides is 2. The Balaban J connectivity index is 1.67. The van der Waals surface area contributed by atoms with Gasteiger partial charge in [0.1, 0.15) is 11.7 Å². The first-order valence-corrected chi connectivity index (χ1v) is 8.89. The SMILES string of the molecule is NCCc1nc(C(=O)NC2CCCN(c3ccccc3)C2=O)cs1. The Hall–Kier alpha value is -2.25. The van der Waals surface area contributed by atoms with E-state index < -0.39 is 6.04 Å². The number of nitrogens with two attached hydrogens (primary N) is 1. The van der Waals surface area contributed by atoms with Crippen LogP contribution in [0.1, 0.15) is 28.3 Å². The van der Waals surface area contributed by atoms with Crippen molar-refractivity contribution in [1.29, 1.82) is 0 Å². The Kier molecular flexibility index (Phi) is 5.22. The maximum absolute atomic E-state index is 12.7. The second-order valence-corrected chi connectivity index (χ2v) is 6.60. The molecule has 2 aromatic rings. The summed E-state index contributed by atoms with van der Waals surface area (Å²) in [7, 11) is 0. The van der Waals surface area contributed by atoms with E-state index in [-0.39, 0.29) is 11.8 Å². The van der Waals surface area contributed by atoms with Crippen LogP contribution in [-0.4, -0.2) is 35.9 Å². The van der Waals surface area contributed by atoms with Gasteiger partial charge in [-0.2, -0.15) is 0 Å². The van der Waals surface area contributed by atoms with E-state index in [4.69, 9.17) is 5.73 Å². The van der Waals surface area contributed by atoms with Crippen molar-refractivity contribution in [2.45, 2.75) is 25.3 Å². The van der Waals surface area contributed by atoms with Gasteiger partial charge in [0.05, 0.1) is 5.01 Å². The largest absolute Gasteiger partial charge is 0.339 e. The highest BCUT2D eigenvalue weighted by Crippen LogP contribution is 2.21. The van der Waals surface area contributed by atoms with Crippen molar-refractivity contribution in [3.63, 3.8) is 0 Å². The van der Waals surface area contributed by atoms with Crippen LogP contribution in [0.4, 0.5) is 5.69 Å². The lowest BCUT2D eigenvalue weighted by molar-refractivity contribution is -0.121. The second kappa shape index (κ2) is 7.55. The lowest BCUT2D eigenvalue weighted by atomic mass is 10.0. The summed E-state index contributed by atoms with van der Waals surface area (Å²) in [5, 5.41) is 5.37. The van der Waals surface area contributed by atoms with Crippen LogP contribution in [-0.2, 0) is 11.2 Å². The van der Waals surface area contributed by atoms with Crippen LogP contribution in [0.5, 0.6) is 0 Å². The summed E-state index contributed by atoms with van der Waals surface area (Å²) < 4.78 is 0. The second-order valence-electron chi connectivity index (χ2n) is 5.66. The molecule has 7 heteroatoms. The van der Waals surface area contributed by atoms with Crippen LogP contribution in [0.25, 0.3) is 0 Å². The Morgan fingerprint density at radius 1 is 1.38 bits per heavy atom. The Labute approximate surface area is 144 Å². The quantitative estimate of drug-likeness (QED) is 0.862. The lowest BCUT2D eigenvalue weighted by Gasteiger charge is -2.32. The summed E-state index contributed by atoms with van der Waals surface area (Å²) in [6.45, 7) is 1.17. The average molecular weight is 344 g/mol. The number of aromatic nitrogens is 1. The Morgan fingerprint density at radius 2 is 2.17 bits per heavy atom. The predicted octanol–water partition coefficient (Wildman–Crippen LogP) is 1.57. The molecule has 2 amide bonds. The minimum Gasteiger partial charge on any atom is -0.339 e. The minimum atomic E-state index is -0.508. The molecule has 1 saturated heterocycles. The number of carbonyl (C=O) groups excluding carboxylic acids is 2. The van der Waals surface area contributed by atoms with Gasteiger partial charge in [-0.05, 0) is 31.5 Å². The van der Waals surface area contributed by atoms with Gasteiger partial charge in [0.2, 0.25) is 5.91 Å². The first-order valence-electron chi connectivity index (χ1n) is 8.01. The van der Waals surface area contributed by atoms with Crippen LogP contribution in [0.2, 0.25) is 0 Å². The van der Waals surface area contributed by atoms with Crippen LogP contribution in [0, 0.1) is 0 Å². The number of nitrogens with zero attached hydrogens (tertiary/aromatic N) is 2. The van der Waals surface area contributed by atoms with Crippen molar-refractivity contribution in [1.82, 2.24) is 10.3 Å². The van der Waals surface area contributed by atoms with Crippen molar-refractivity contribution in [2.24, 2.45) is 5.73 Å². The Morgan fingerprint density at radius 3 is 2.92 bits per heavy atom. The summed E-state index contributed by atoms with van der Waals surface area (Å²) >= 11 is 1.42. The molecule has 1 aromatic heterocycles. The summed E-state index contributed by atoms with van der Waals surface area (Å²) in [5.41, 5.74) is 6.72. The number of carbonyl (C=O) groups is 2. The molecule has 24 heavy (non-hydrogen) atoms. The van der Waals surface area contributed by atoms with Crippen LogP contribution >= 0.6 is 11.3 Å². The van der Waals surface area contributed by atoms with E-state index in [1.165, 1.54) is 11.3 Å².